The molecule has 1 saturated heterocycles. The number of aliphatic hydroxyl groups excluding tert-OH is 1. The Morgan fingerprint density at radius 3 is 2.86 bits per heavy atom. The summed E-state index contributed by atoms with van der Waals surface area (Å²) in [5.41, 5.74) is 1.66. The van der Waals surface area contributed by atoms with Crippen LogP contribution < -0.4 is 5.32 Å². The molecule has 0 unspecified atom stereocenters. The van der Waals surface area contributed by atoms with Crippen LogP contribution in [0.15, 0.2) is 36.8 Å². The van der Waals surface area contributed by atoms with Gasteiger partial charge in [0.05, 0.1) is 33.6 Å². The lowest BCUT2D eigenvalue weighted by molar-refractivity contribution is 0.0727. The lowest BCUT2D eigenvalue weighted by atomic mass is 9.77. The van der Waals surface area contributed by atoms with E-state index in [-0.39, 0.29) is 11.9 Å². The summed E-state index contributed by atoms with van der Waals surface area (Å²) in [7, 11) is 0. The minimum absolute atomic E-state index is 0.0697. The second kappa shape index (κ2) is 7.35. The second-order valence-corrected chi connectivity index (χ2v) is 9.26. The van der Waals surface area contributed by atoms with Crippen molar-refractivity contribution in [2.45, 2.75) is 31.9 Å². The highest BCUT2D eigenvalue weighted by Crippen LogP contribution is 2.38. The zero-order chi connectivity index (χ0) is 20.0. The molecule has 2 aliphatic rings. The number of hydrogen-bond acceptors (Lipinski definition) is 7. The first-order valence-electron chi connectivity index (χ1n) is 9.94. The molecule has 1 amide bonds. The number of amides is 1. The monoisotopic (exact) mass is 409 g/mol. The Kier molecular flexibility index (Phi) is 4.67. The number of nitrogens with one attached hydrogen (secondary N) is 1. The fraction of sp³-hybridized carbons (Fsp3) is 0.429. The summed E-state index contributed by atoms with van der Waals surface area (Å²) in [6.45, 7) is 3.42. The number of hydrogen-bond donors (Lipinski definition) is 2. The summed E-state index contributed by atoms with van der Waals surface area (Å²) in [6.07, 6.45) is 5.99. The third-order valence-electron chi connectivity index (χ3n) is 6.07. The molecule has 2 N–H and O–H groups in total. The van der Waals surface area contributed by atoms with Crippen molar-refractivity contribution in [2.24, 2.45) is 11.8 Å². The molecule has 1 aliphatic heterocycles. The van der Waals surface area contributed by atoms with Gasteiger partial charge in [-0.25, -0.2) is 9.97 Å². The van der Waals surface area contributed by atoms with Gasteiger partial charge in [-0.15, -0.1) is 11.3 Å². The van der Waals surface area contributed by atoms with Crippen molar-refractivity contribution in [1.29, 1.82) is 0 Å². The largest absolute Gasteiger partial charge is 0.391 e. The van der Waals surface area contributed by atoms with Gasteiger partial charge in [0.15, 0.2) is 0 Å². The lowest BCUT2D eigenvalue weighted by Crippen LogP contribution is -2.43. The van der Waals surface area contributed by atoms with Crippen LogP contribution in [0.4, 0.5) is 5.82 Å². The molecule has 1 aliphatic carbocycles. The van der Waals surface area contributed by atoms with E-state index in [1.165, 1.54) is 0 Å². The van der Waals surface area contributed by atoms with Gasteiger partial charge in [0, 0.05) is 31.0 Å². The van der Waals surface area contributed by atoms with Gasteiger partial charge < -0.3 is 15.3 Å². The van der Waals surface area contributed by atoms with E-state index in [0.29, 0.717) is 30.6 Å². The van der Waals surface area contributed by atoms with Crippen molar-refractivity contribution in [3.8, 4) is 0 Å². The molecule has 7 nitrogen and oxygen atoms in total. The fourth-order valence-electron chi connectivity index (χ4n) is 4.67. The van der Waals surface area contributed by atoms with E-state index in [9.17, 15) is 9.90 Å². The van der Waals surface area contributed by atoms with E-state index in [1.807, 2.05) is 30.0 Å². The third kappa shape index (κ3) is 3.58. The Bertz CT molecular complexity index is 1040. The quantitative estimate of drug-likeness (QED) is 0.691. The molecule has 1 saturated carbocycles. The molecule has 5 rings (SSSR count). The Morgan fingerprint density at radius 2 is 2.07 bits per heavy atom. The molecular weight excluding hydrogens is 386 g/mol. The highest BCUT2D eigenvalue weighted by Gasteiger charge is 2.43. The van der Waals surface area contributed by atoms with Crippen LogP contribution >= 0.6 is 11.3 Å². The molecule has 0 bridgehead atoms. The van der Waals surface area contributed by atoms with Crippen LogP contribution in [0.1, 0.15) is 28.2 Å². The number of aliphatic hydroxyl groups is 1. The number of benzene rings is 1. The second-order valence-electron chi connectivity index (χ2n) is 8.03. The molecule has 3 heterocycles. The summed E-state index contributed by atoms with van der Waals surface area (Å²) in [6, 6.07) is 5.69. The van der Waals surface area contributed by atoms with Crippen LogP contribution in [0.2, 0.25) is 0 Å². The molecule has 4 atom stereocenters. The van der Waals surface area contributed by atoms with Crippen LogP contribution in [0, 0.1) is 18.8 Å². The smallest absolute Gasteiger partial charge is 0.253 e. The van der Waals surface area contributed by atoms with Crippen molar-refractivity contribution < 1.29 is 9.90 Å². The highest BCUT2D eigenvalue weighted by atomic mass is 32.1. The van der Waals surface area contributed by atoms with Crippen molar-refractivity contribution >= 4 is 33.3 Å². The molecule has 3 aromatic rings. The van der Waals surface area contributed by atoms with E-state index < -0.39 is 6.10 Å². The number of likely N-dealkylation sites (tertiary alicyclic amines) is 1. The zero-order valence-corrected chi connectivity index (χ0v) is 17.0. The number of anilines is 1. The van der Waals surface area contributed by atoms with E-state index in [4.69, 9.17) is 0 Å². The van der Waals surface area contributed by atoms with Gasteiger partial charge in [-0.3, -0.25) is 9.78 Å². The Labute approximate surface area is 172 Å². The summed E-state index contributed by atoms with van der Waals surface area (Å²) < 4.78 is 1.05. The highest BCUT2D eigenvalue weighted by molar-refractivity contribution is 7.18. The Morgan fingerprint density at radius 1 is 1.24 bits per heavy atom. The molecule has 0 radical (unpaired) electrons. The number of aromatic nitrogens is 3. The van der Waals surface area contributed by atoms with Gasteiger partial charge in [-0.2, -0.15) is 0 Å². The minimum atomic E-state index is -0.454. The average Bonchev–Trinajstić information content (AvgIpc) is 3.29. The third-order valence-corrected chi connectivity index (χ3v) is 7.00. The average molecular weight is 410 g/mol. The van der Waals surface area contributed by atoms with Crippen molar-refractivity contribution in [1.82, 2.24) is 19.9 Å². The molecule has 150 valence electrons. The summed E-state index contributed by atoms with van der Waals surface area (Å²) >= 11 is 1.61. The lowest BCUT2D eigenvalue weighted by Gasteiger charge is -2.35. The minimum Gasteiger partial charge on any atom is -0.391 e. The first-order valence-corrected chi connectivity index (χ1v) is 10.8. The predicted molar refractivity (Wildman–Crippen MR) is 112 cm³/mol. The molecule has 2 aromatic heterocycles. The summed E-state index contributed by atoms with van der Waals surface area (Å²) in [5, 5.41) is 14.9. The zero-order valence-electron chi connectivity index (χ0n) is 16.2. The number of carbonyl (C=O) groups is 1. The molecule has 1 aromatic carbocycles. The topological polar surface area (TPSA) is 91.2 Å². The number of fused-ring (bicyclic) bond motifs is 2. The number of carbonyl (C=O) groups excluding carboxylic acids is 1. The van der Waals surface area contributed by atoms with Crippen LogP contribution in [-0.4, -0.2) is 56.1 Å². The van der Waals surface area contributed by atoms with Gasteiger partial charge in [0.1, 0.15) is 5.82 Å². The first kappa shape index (κ1) is 18.4. The SMILES string of the molecule is Cc1nc2ccc(C(=O)N3C[C@H]4C[C@@H](Nc5cnccn5)[C@H](O)C[C@H]4C3)cc2s1. The Balaban J connectivity index is 1.29. The van der Waals surface area contributed by atoms with Gasteiger partial charge >= 0.3 is 0 Å². The van der Waals surface area contributed by atoms with Crippen LogP contribution in [0.5, 0.6) is 0 Å². The van der Waals surface area contributed by atoms with E-state index >= 15 is 0 Å². The maximum atomic E-state index is 13.1. The van der Waals surface area contributed by atoms with Crippen LogP contribution in [-0.2, 0) is 0 Å². The van der Waals surface area contributed by atoms with Crippen LogP contribution in [0.3, 0.4) is 0 Å². The van der Waals surface area contributed by atoms with Crippen molar-refractivity contribution in [3.63, 3.8) is 0 Å². The van der Waals surface area contributed by atoms with Crippen LogP contribution in [0.25, 0.3) is 10.2 Å². The maximum Gasteiger partial charge on any atom is 0.253 e. The van der Waals surface area contributed by atoms with E-state index in [2.05, 4.69) is 20.3 Å². The number of aryl methyl sites for hydroxylation is 1. The standard InChI is InChI=1S/C21H23N5O2S/c1-12-24-16-3-2-13(8-19(16)29-12)21(28)26-10-14-6-17(18(27)7-15(14)11-26)25-20-9-22-4-5-23-20/h2-5,8-9,14-15,17-18,27H,6-7,10-11H2,1H3,(H,23,25)/t14-,15+,17-,18-/m1/s1. The van der Waals surface area contributed by atoms with E-state index in [1.54, 1.807) is 29.9 Å². The molecule has 29 heavy (non-hydrogen) atoms. The summed E-state index contributed by atoms with van der Waals surface area (Å²) in [4.78, 5) is 27.8. The first-order chi connectivity index (χ1) is 14.1. The van der Waals surface area contributed by atoms with Gasteiger partial charge in [0.2, 0.25) is 0 Å². The number of thiazole rings is 1. The van der Waals surface area contributed by atoms with Gasteiger partial charge in [-0.1, -0.05) is 0 Å². The molecule has 0 spiro atoms. The van der Waals surface area contributed by atoms with Crippen molar-refractivity contribution in [3.05, 3.63) is 47.4 Å². The van der Waals surface area contributed by atoms with Gasteiger partial charge in [0.25, 0.3) is 5.91 Å². The van der Waals surface area contributed by atoms with Crippen molar-refractivity contribution in [2.75, 3.05) is 18.4 Å². The Hall–Kier alpha value is -2.58. The van der Waals surface area contributed by atoms with E-state index in [0.717, 1.165) is 33.8 Å². The fourth-order valence-corrected chi connectivity index (χ4v) is 5.54. The molecule has 8 heteroatoms. The summed E-state index contributed by atoms with van der Waals surface area (Å²) in [5.74, 6) is 1.46. The number of nitrogens with zero attached hydrogens (tertiary/aromatic N) is 4. The maximum absolute atomic E-state index is 13.1. The molecular formula is C21H23N5O2S. The normalized spacial score (nSPS) is 26.5. The predicted octanol–water partition coefficient (Wildman–Crippen LogP) is 2.72. The van der Waals surface area contributed by atoms with Gasteiger partial charge in [-0.05, 0) is 49.8 Å². The number of rotatable bonds is 3. The molecule has 2 fully saturated rings.